The van der Waals surface area contributed by atoms with Gasteiger partial charge in [-0.2, -0.15) is 0 Å². The van der Waals surface area contributed by atoms with Crippen LogP contribution in [0.4, 0.5) is 10.5 Å². The number of benzene rings is 1. The number of sulfonamides is 1. The Balaban J connectivity index is 2.04. The van der Waals surface area contributed by atoms with Gasteiger partial charge in [0.1, 0.15) is 0 Å². The fraction of sp³-hybridized carbons (Fsp3) is 0.417. The van der Waals surface area contributed by atoms with Crippen LogP contribution in [0.1, 0.15) is 12.8 Å². The number of hydrogen-bond donors (Lipinski definition) is 2. The van der Waals surface area contributed by atoms with Gasteiger partial charge in [-0.3, -0.25) is 0 Å². The first kappa shape index (κ1) is 15.1. The monoisotopic (exact) mass is 317 g/mol. The van der Waals surface area contributed by atoms with Crippen LogP contribution in [0.15, 0.2) is 24.3 Å². The van der Waals surface area contributed by atoms with E-state index in [0.717, 1.165) is 0 Å². The Morgan fingerprint density at radius 2 is 2.10 bits per heavy atom. The lowest BCUT2D eigenvalue weighted by atomic mass is 10.1. The van der Waals surface area contributed by atoms with Crippen molar-refractivity contribution < 1.29 is 13.2 Å². The Bertz CT molecular complexity index is 606. The number of rotatable bonds is 2. The number of likely N-dealkylation sites (tertiary alicyclic amines) is 1. The van der Waals surface area contributed by atoms with Crippen molar-refractivity contribution in [2.45, 2.75) is 18.1 Å². The Labute approximate surface area is 122 Å². The molecule has 0 aliphatic carbocycles. The molecule has 6 nitrogen and oxygen atoms in total. The summed E-state index contributed by atoms with van der Waals surface area (Å²) in [6.45, 7) is 0.609. The fourth-order valence-corrected chi connectivity index (χ4v) is 3.21. The van der Waals surface area contributed by atoms with Gasteiger partial charge in [-0.25, -0.2) is 18.4 Å². The van der Waals surface area contributed by atoms with E-state index in [1.807, 2.05) is 0 Å². The van der Waals surface area contributed by atoms with Gasteiger partial charge < -0.3 is 10.2 Å². The number of nitrogens with zero attached hydrogens (tertiary/aromatic N) is 1. The molecule has 0 spiro atoms. The smallest absolute Gasteiger partial charge is 0.321 e. The standard InChI is InChI=1S/C12H16ClN3O3S/c13-10-5-1-2-6-11(10)15-12(17)16-7-3-4-9(8-16)20(14,18)19/h1-2,5-6,9H,3-4,7-8H2,(H,15,17)(H2,14,18,19). The van der Waals surface area contributed by atoms with E-state index in [1.54, 1.807) is 24.3 Å². The number of carbonyl (C=O) groups excluding carboxylic acids is 1. The second-order valence-electron chi connectivity index (χ2n) is 4.71. The van der Waals surface area contributed by atoms with Gasteiger partial charge in [0.05, 0.1) is 16.0 Å². The van der Waals surface area contributed by atoms with E-state index in [-0.39, 0.29) is 12.6 Å². The first-order valence-electron chi connectivity index (χ1n) is 6.20. The van der Waals surface area contributed by atoms with Crippen LogP contribution in [0.5, 0.6) is 0 Å². The molecule has 20 heavy (non-hydrogen) atoms. The normalized spacial score (nSPS) is 19.7. The van der Waals surface area contributed by atoms with E-state index in [4.69, 9.17) is 16.7 Å². The molecule has 1 saturated heterocycles. The van der Waals surface area contributed by atoms with Gasteiger partial charge in [0, 0.05) is 13.1 Å². The molecule has 1 aliphatic heterocycles. The number of hydrogen-bond acceptors (Lipinski definition) is 3. The first-order chi connectivity index (χ1) is 9.38. The number of primary sulfonamides is 1. The van der Waals surface area contributed by atoms with Crippen LogP contribution in [0.3, 0.4) is 0 Å². The summed E-state index contributed by atoms with van der Waals surface area (Å²) in [6, 6.07) is 6.49. The summed E-state index contributed by atoms with van der Waals surface area (Å²) in [6.07, 6.45) is 1.09. The molecule has 1 aromatic carbocycles. The van der Waals surface area contributed by atoms with E-state index >= 15 is 0 Å². The van der Waals surface area contributed by atoms with Crippen molar-refractivity contribution in [3.8, 4) is 0 Å². The topological polar surface area (TPSA) is 92.5 Å². The predicted molar refractivity (Wildman–Crippen MR) is 78.2 cm³/mol. The van der Waals surface area contributed by atoms with Crippen molar-refractivity contribution in [2.24, 2.45) is 5.14 Å². The Morgan fingerprint density at radius 1 is 1.40 bits per heavy atom. The molecule has 1 aromatic rings. The minimum atomic E-state index is -3.62. The highest BCUT2D eigenvalue weighted by molar-refractivity contribution is 7.89. The van der Waals surface area contributed by atoms with Gasteiger partial charge >= 0.3 is 6.03 Å². The minimum Gasteiger partial charge on any atom is -0.323 e. The molecule has 110 valence electrons. The molecule has 2 amide bonds. The maximum Gasteiger partial charge on any atom is 0.321 e. The number of anilines is 1. The van der Waals surface area contributed by atoms with Crippen LogP contribution in [-0.4, -0.2) is 37.7 Å². The number of amides is 2. The van der Waals surface area contributed by atoms with Crippen molar-refractivity contribution >= 4 is 33.3 Å². The molecular weight excluding hydrogens is 302 g/mol. The van der Waals surface area contributed by atoms with Crippen molar-refractivity contribution in [1.29, 1.82) is 0 Å². The number of urea groups is 1. The lowest BCUT2D eigenvalue weighted by Crippen LogP contribution is -2.48. The maximum absolute atomic E-state index is 12.1. The third-order valence-electron chi connectivity index (χ3n) is 3.25. The summed E-state index contributed by atoms with van der Waals surface area (Å²) in [5.41, 5.74) is 0.497. The molecule has 1 atom stereocenters. The van der Waals surface area contributed by atoms with Gasteiger partial charge in [-0.1, -0.05) is 23.7 Å². The second kappa shape index (κ2) is 5.99. The quantitative estimate of drug-likeness (QED) is 0.868. The van der Waals surface area contributed by atoms with Crippen molar-refractivity contribution in [2.75, 3.05) is 18.4 Å². The highest BCUT2D eigenvalue weighted by atomic mass is 35.5. The van der Waals surface area contributed by atoms with Gasteiger partial charge in [-0.05, 0) is 25.0 Å². The van der Waals surface area contributed by atoms with Crippen molar-refractivity contribution in [3.63, 3.8) is 0 Å². The van der Waals surface area contributed by atoms with E-state index in [0.29, 0.717) is 30.1 Å². The molecule has 1 aliphatic rings. The Morgan fingerprint density at radius 3 is 2.75 bits per heavy atom. The highest BCUT2D eigenvalue weighted by Gasteiger charge is 2.30. The van der Waals surface area contributed by atoms with Gasteiger partial charge in [-0.15, -0.1) is 0 Å². The number of nitrogens with one attached hydrogen (secondary N) is 1. The summed E-state index contributed by atoms with van der Waals surface area (Å²) in [5.74, 6) is 0. The highest BCUT2D eigenvalue weighted by Crippen LogP contribution is 2.22. The average Bonchev–Trinajstić information content (AvgIpc) is 2.40. The molecular formula is C12H16ClN3O3S. The van der Waals surface area contributed by atoms with Crippen LogP contribution in [0.2, 0.25) is 5.02 Å². The third-order valence-corrected chi connectivity index (χ3v) is 4.89. The molecule has 1 unspecified atom stereocenters. The zero-order valence-corrected chi connectivity index (χ0v) is 12.3. The maximum atomic E-state index is 12.1. The molecule has 3 N–H and O–H groups in total. The summed E-state index contributed by atoms with van der Waals surface area (Å²) in [7, 11) is -3.62. The minimum absolute atomic E-state index is 0.106. The molecule has 0 aromatic heterocycles. The third kappa shape index (κ3) is 3.62. The van der Waals surface area contributed by atoms with E-state index in [1.165, 1.54) is 4.90 Å². The average molecular weight is 318 g/mol. The van der Waals surface area contributed by atoms with Crippen molar-refractivity contribution in [3.05, 3.63) is 29.3 Å². The first-order valence-corrected chi connectivity index (χ1v) is 8.19. The molecule has 1 heterocycles. The Hall–Kier alpha value is -1.31. The van der Waals surface area contributed by atoms with Gasteiger partial charge in [0.15, 0.2) is 0 Å². The van der Waals surface area contributed by atoms with Gasteiger partial charge in [0.2, 0.25) is 10.0 Å². The van der Waals surface area contributed by atoms with E-state index in [9.17, 15) is 13.2 Å². The summed E-state index contributed by atoms with van der Waals surface area (Å²) in [4.78, 5) is 13.6. The number of halogens is 1. The molecule has 8 heteroatoms. The van der Waals surface area contributed by atoms with Crippen LogP contribution in [-0.2, 0) is 10.0 Å². The van der Waals surface area contributed by atoms with Crippen molar-refractivity contribution in [1.82, 2.24) is 4.90 Å². The molecule has 2 rings (SSSR count). The van der Waals surface area contributed by atoms with Crippen LogP contribution >= 0.6 is 11.6 Å². The number of nitrogens with two attached hydrogens (primary N) is 1. The van der Waals surface area contributed by atoms with Crippen LogP contribution in [0.25, 0.3) is 0 Å². The lowest BCUT2D eigenvalue weighted by Gasteiger charge is -2.31. The number of piperidine rings is 1. The molecule has 1 fully saturated rings. The molecule has 0 saturated carbocycles. The zero-order chi connectivity index (χ0) is 14.8. The molecule has 0 bridgehead atoms. The van der Waals surface area contributed by atoms with Crippen LogP contribution in [0, 0.1) is 0 Å². The summed E-state index contributed by atoms with van der Waals surface area (Å²) >= 11 is 5.96. The van der Waals surface area contributed by atoms with Crippen LogP contribution < -0.4 is 10.5 Å². The summed E-state index contributed by atoms with van der Waals surface area (Å²) in [5, 5.41) is 7.54. The van der Waals surface area contributed by atoms with E-state index in [2.05, 4.69) is 5.32 Å². The van der Waals surface area contributed by atoms with E-state index < -0.39 is 15.3 Å². The predicted octanol–water partition coefficient (Wildman–Crippen LogP) is 1.62. The Kier molecular flexibility index (Phi) is 4.52. The fourth-order valence-electron chi connectivity index (χ4n) is 2.15. The number of carbonyl (C=O) groups is 1. The summed E-state index contributed by atoms with van der Waals surface area (Å²) < 4.78 is 22.7. The second-order valence-corrected chi connectivity index (χ2v) is 6.96. The van der Waals surface area contributed by atoms with Gasteiger partial charge in [0.25, 0.3) is 0 Å². The largest absolute Gasteiger partial charge is 0.323 e. The lowest BCUT2D eigenvalue weighted by molar-refractivity contribution is 0.200. The molecule has 0 radical (unpaired) electrons. The number of para-hydroxylation sites is 1. The SMILES string of the molecule is NS(=O)(=O)C1CCCN(C(=O)Nc2ccccc2Cl)C1. The zero-order valence-electron chi connectivity index (χ0n) is 10.8.